The zero-order valence-electron chi connectivity index (χ0n) is 10.0. The van der Waals surface area contributed by atoms with Gasteiger partial charge in [0.05, 0.1) is 24.7 Å². The first-order valence-electron chi connectivity index (χ1n) is 5.35. The third-order valence-electron chi connectivity index (χ3n) is 2.21. The molecule has 0 aliphatic rings. The van der Waals surface area contributed by atoms with Gasteiger partial charge < -0.3 is 14.6 Å². The number of hydrogen-bond acceptors (Lipinski definition) is 5. The van der Waals surface area contributed by atoms with Crippen molar-refractivity contribution in [2.75, 3.05) is 6.61 Å². The summed E-state index contributed by atoms with van der Waals surface area (Å²) in [6.07, 6.45) is -0.400. The van der Waals surface area contributed by atoms with Gasteiger partial charge in [-0.3, -0.25) is 4.79 Å². The highest BCUT2D eigenvalue weighted by atomic mass is 19.3. The van der Waals surface area contributed by atoms with Crippen molar-refractivity contribution in [3.8, 4) is 17.6 Å². The molecule has 0 heterocycles. The Hall–Kier alpha value is -2.36. The molecule has 1 rings (SSSR count). The molecule has 0 saturated carbocycles. The Balaban J connectivity index is 3.11. The third-order valence-corrected chi connectivity index (χ3v) is 2.21. The number of ether oxygens (including phenoxy) is 2. The molecule has 0 aromatic heterocycles. The van der Waals surface area contributed by atoms with Gasteiger partial charge in [-0.05, 0) is 19.1 Å². The van der Waals surface area contributed by atoms with Crippen molar-refractivity contribution >= 4 is 5.97 Å². The molecule has 0 aliphatic heterocycles. The van der Waals surface area contributed by atoms with Crippen LogP contribution in [-0.2, 0) is 16.0 Å². The number of phenolic OH excluding ortho intramolecular Hbond substituents is 1. The van der Waals surface area contributed by atoms with E-state index in [1.54, 1.807) is 13.0 Å². The maximum Gasteiger partial charge on any atom is 0.387 e. The Morgan fingerprint density at radius 2 is 2.21 bits per heavy atom. The molecule has 0 radical (unpaired) electrons. The fourth-order valence-electron chi connectivity index (χ4n) is 1.45. The summed E-state index contributed by atoms with van der Waals surface area (Å²) in [4.78, 5) is 11.3. The summed E-state index contributed by atoms with van der Waals surface area (Å²) in [6, 6.07) is 3.98. The molecule has 0 amide bonds. The summed E-state index contributed by atoms with van der Waals surface area (Å²) in [5.41, 5.74) is -0.105. The molecule has 0 fully saturated rings. The van der Waals surface area contributed by atoms with Gasteiger partial charge in [0.2, 0.25) is 0 Å². The van der Waals surface area contributed by atoms with Crippen LogP contribution in [0.5, 0.6) is 11.5 Å². The van der Waals surface area contributed by atoms with Crippen molar-refractivity contribution in [1.82, 2.24) is 0 Å². The Bertz CT molecular complexity index is 511. The van der Waals surface area contributed by atoms with Crippen molar-refractivity contribution in [2.45, 2.75) is 20.0 Å². The van der Waals surface area contributed by atoms with Crippen LogP contribution in [-0.4, -0.2) is 24.3 Å². The van der Waals surface area contributed by atoms with Crippen molar-refractivity contribution in [2.24, 2.45) is 0 Å². The molecule has 0 atom stereocenters. The molecular formula is C12H11F2NO4. The largest absolute Gasteiger partial charge is 0.504 e. The van der Waals surface area contributed by atoms with Gasteiger partial charge in [0.15, 0.2) is 11.5 Å². The van der Waals surface area contributed by atoms with Crippen LogP contribution in [0.3, 0.4) is 0 Å². The minimum atomic E-state index is -3.12. The zero-order chi connectivity index (χ0) is 14.4. The lowest BCUT2D eigenvalue weighted by molar-refractivity contribution is -0.142. The van der Waals surface area contributed by atoms with Crippen LogP contribution in [0.25, 0.3) is 0 Å². The number of esters is 1. The summed E-state index contributed by atoms with van der Waals surface area (Å²) < 4.78 is 33.0. The lowest BCUT2D eigenvalue weighted by atomic mass is 10.0. The van der Waals surface area contributed by atoms with Gasteiger partial charge in [-0.2, -0.15) is 14.0 Å². The second kappa shape index (κ2) is 6.54. The highest BCUT2D eigenvalue weighted by Gasteiger charge is 2.19. The fraction of sp³-hybridized carbons (Fsp3) is 0.333. The van der Waals surface area contributed by atoms with Gasteiger partial charge in [0, 0.05) is 5.56 Å². The molecule has 0 saturated heterocycles. The predicted molar refractivity (Wildman–Crippen MR) is 59.8 cm³/mol. The molecule has 0 unspecified atom stereocenters. The molecule has 0 spiro atoms. The first-order chi connectivity index (χ1) is 8.99. The molecule has 7 heteroatoms. The number of benzene rings is 1. The average Bonchev–Trinajstić information content (AvgIpc) is 2.34. The molecule has 0 bridgehead atoms. The van der Waals surface area contributed by atoms with Gasteiger partial charge in [0.1, 0.15) is 0 Å². The number of rotatable bonds is 5. The minimum absolute atomic E-state index is 0.00725. The highest BCUT2D eigenvalue weighted by molar-refractivity contribution is 5.75. The van der Waals surface area contributed by atoms with Crippen molar-refractivity contribution in [3.63, 3.8) is 0 Å². The number of halogens is 2. The van der Waals surface area contributed by atoms with Crippen molar-refractivity contribution in [3.05, 3.63) is 23.3 Å². The van der Waals surface area contributed by atoms with Crippen LogP contribution in [0.2, 0.25) is 0 Å². The molecule has 5 nitrogen and oxygen atoms in total. The van der Waals surface area contributed by atoms with E-state index in [0.717, 1.165) is 6.07 Å². The van der Waals surface area contributed by atoms with E-state index in [0.29, 0.717) is 0 Å². The van der Waals surface area contributed by atoms with E-state index >= 15 is 0 Å². The summed E-state index contributed by atoms with van der Waals surface area (Å²) >= 11 is 0. The summed E-state index contributed by atoms with van der Waals surface area (Å²) in [7, 11) is 0. The lowest BCUT2D eigenvalue weighted by Crippen LogP contribution is -2.10. The van der Waals surface area contributed by atoms with Gasteiger partial charge in [0.25, 0.3) is 0 Å². The van der Waals surface area contributed by atoms with E-state index < -0.39 is 30.5 Å². The fourth-order valence-corrected chi connectivity index (χ4v) is 1.45. The first kappa shape index (κ1) is 14.7. The van der Waals surface area contributed by atoms with Crippen LogP contribution in [0.1, 0.15) is 18.1 Å². The summed E-state index contributed by atoms with van der Waals surface area (Å²) in [5, 5.41) is 18.6. The van der Waals surface area contributed by atoms with E-state index in [4.69, 9.17) is 5.26 Å². The number of carbonyl (C=O) groups is 1. The lowest BCUT2D eigenvalue weighted by Gasteiger charge is -2.11. The van der Waals surface area contributed by atoms with Crippen molar-refractivity contribution < 1.29 is 28.2 Å². The molecule has 0 aliphatic carbocycles. The molecule has 19 heavy (non-hydrogen) atoms. The van der Waals surface area contributed by atoms with Crippen LogP contribution < -0.4 is 4.74 Å². The van der Waals surface area contributed by atoms with E-state index in [1.807, 2.05) is 0 Å². The first-order valence-corrected chi connectivity index (χ1v) is 5.35. The van der Waals surface area contributed by atoms with Crippen molar-refractivity contribution in [1.29, 1.82) is 5.26 Å². The predicted octanol–water partition coefficient (Wildman–Crippen LogP) is 1.97. The van der Waals surface area contributed by atoms with Gasteiger partial charge >= 0.3 is 12.6 Å². The van der Waals surface area contributed by atoms with Crippen LogP contribution >= 0.6 is 0 Å². The minimum Gasteiger partial charge on any atom is -0.504 e. The number of alkyl halides is 2. The highest BCUT2D eigenvalue weighted by Crippen LogP contribution is 2.33. The number of carbonyl (C=O) groups excluding carboxylic acids is 1. The second-order valence-electron chi connectivity index (χ2n) is 3.41. The molecule has 1 aromatic carbocycles. The molecule has 1 N–H and O–H groups in total. The number of aromatic hydroxyl groups is 1. The molecule has 1 aromatic rings. The number of phenols is 1. The van der Waals surface area contributed by atoms with E-state index in [1.165, 1.54) is 6.07 Å². The Kier molecular flexibility index (Phi) is 5.06. The Morgan fingerprint density at radius 3 is 2.74 bits per heavy atom. The molecular weight excluding hydrogens is 260 g/mol. The van der Waals surface area contributed by atoms with Crippen LogP contribution in [0.4, 0.5) is 8.78 Å². The number of nitriles is 1. The van der Waals surface area contributed by atoms with Crippen LogP contribution in [0.15, 0.2) is 12.1 Å². The van der Waals surface area contributed by atoms with Crippen LogP contribution in [0, 0.1) is 11.3 Å². The SMILES string of the molecule is CCOC(=O)Cc1c(C#N)ccc(OC(F)F)c1O. The average molecular weight is 271 g/mol. The Morgan fingerprint density at radius 1 is 1.53 bits per heavy atom. The summed E-state index contributed by atoms with van der Waals surface area (Å²) in [5.74, 6) is -1.83. The smallest absolute Gasteiger partial charge is 0.387 e. The zero-order valence-corrected chi connectivity index (χ0v) is 10.0. The monoisotopic (exact) mass is 271 g/mol. The Labute approximate surface area is 108 Å². The number of hydrogen-bond donors (Lipinski definition) is 1. The second-order valence-corrected chi connectivity index (χ2v) is 3.41. The maximum absolute atomic E-state index is 12.1. The number of nitrogens with zero attached hydrogens (tertiary/aromatic N) is 1. The standard InChI is InChI=1S/C12H11F2NO4/c1-2-18-10(16)5-8-7(6-15)3-4-9(11(8)17)19-12(13)14/h3-4,12,17H,2,5H2,1H3. The van der Waals surface area contributed by atoms with Gasteiger partial charge in [-0.15, -0.1) is 0 Å². The third kappa shape index (κ3) is 3.81. The topological polar surface area (TPSA) is 79.6 Å². The van der Waals surface area contributed by atoms with Gasteiger partial charge in [-0.1, -0.05) is 0 Å². The van der Waals surface area contributed by atoms with E-state index in [-0.39, 0.29) is 17.7 Å². The summed E-state index contributed by atoms with van der Waals surface area (Å²) in [6.45, 7) is -1.39. The quantitative estimate of drug-likeness (QED) is 0.828. The normalized spacial score (nSPS) is 10.1. The maximum atomic E-state index is 12.1. The molecule has 102 valence electrons. The van der Waals surface area contributed by atoms with E-state index in [2.05, 4.69) is 9.47 Å². The van der Waals surface area contributed by atoms with E-state index in [9.17, 15) is 18.7 Å². The van der Waals surface area contributed by atoms with Gasteiger partial charge in [-0.25, -0.2) is 0 Å².